The first-order valence-corrected chi connectivity index (χ1v) is 6.99. The van der Waals surface area contributed by atoms with E-state index in [-0.39, 0.29) is 0 Å². The van der Waals surface area contributed by atoms with Crippen LogP contribution in [0.3, 0.4) is 0 Å². The van der Waals surface area contributed by atoms with E-state index in [2.05, 4.69) is 11.4 Å². The molecule has 1 aromatic carbocycles. The number of hydrogen-bond donors (Lipinski definition) is 2. The fraction of sp³-hybridized carbons (Fsp3) is 0.267. The molecular weight excluding hydrogens is 258 g/mol. The summed E-state index contributed by atoms with van der Waals surface area (Å²) in [6.45, 7) is 5.43. The summed E-state index contributed by atoms with van der Waals surface area (Å²) in [4.78, 5) is 11.7. The second kappa shape index (κ2) is 5.99. The molecule has 100 valence electrons. The minimum absolute atomic E-state index is 0.436. The molecule has 0 aliphatic heterocycles. The molecule has 0 amide bonds. The number of allylic oxidation sites excluding steroid dienone is 1. The van der Waals surface area contributed by atoms with Crippen molar-refractivity contribution in [2.45, 2.75) is 20.4 Å². The molecule has 0 spiro atoms. The van der Waals surface area contributed by atoms with E-state index < -0.39 is 5.97 Å². The molecule has 2 N–H and O–H groups in total. The maximum atomic E-state index is 11.3. The lowest BCUT2D eigenvalue weighted by molar-refractivity contribution is 0.0701. The minimum Gasteiger partial charge on any atom is -0.477 e. The second-order valence-electron chi connectivity index (χ2n) is 4.62. The van der Waals surface area contributed by atoms with E-state index in [0.29, 0.717) is 11.4 Å². The zero-order valence-corrected chi connectivity index (χ0v) is 11.9. The molecule has 4 heteroatoms. The van der Waals surface area contributed by atoms with E-state index in [4.69, 9.17) is 0 Å². The first kappa shape index (κ1) is 13.8. The van der Waals surface area contributed by atoms with Gasteiger partial charge < -0.3 is 10.4 Å². The normalized spacial score (nSPS) is 10.6. The minimum atomic E-state index is -0.847. The van der Waals surface area contributed by atoms with Gasteiger partial charge in [-0.3, -0.25) is 0 Å². The van der Waals surface area contributed by atoms with Gasteiger partial charge in [-0.25, -0.2) is 4.79 Å². The second-order valence-corrected chi connectivity index (χ2v) is 5.68. The summed E-state index contributed by atoms with van der Waals surface area (Å²) in [6.07, 6.45) is 2.09. The first-order valence-electron chi connectivity index (χ1n) is 6.17. The molecule has 0 saturated heterocycles. The van der Waals surface area contributed by atoms with Gasteiger partial charge in [0.1, 0.15) is 4.88 Å². The zero-order valence-electron chi connectivity index (χ0n) is 11.1. The molecule has 2 rings (SSSR count). The van der Waals surface area contributed by atoms with Crippen LogP contribution in [0.2, 0.25) is 0 Å². The predicted octanol–water partition coefficient (Wildman–Crippen LogP) is 3.66. The van der Waals surface area contributed by atoms with Crippen molar-refractivity contribution < 1.29 is 9.90 Å². The number of nitrogens with one attached hydrogen (secondary N) is 1. The van der Waals surface area contributed by atoms with E-state index in [1.165, 1.54) is 16.9 Å². The number of fused-ring (bicyclic) bond motifs is 1. The molecule has 1 aromatic heterocycles. The Bertz CT molecular complexity index is 624. The van der Waals surface area contributed by atoms with Gasteiger partial charge in [0.15, 0.2) is 0 Å². The Balaban J connectivity index is 2.27. The van der Waals surface area contributed by atoms with Gasteiger partial charge in [-0.15, -0.1) is 11.3 Å². The van der Waals surface area contributed by atoms with Gasteiger partial charge >= 0.3 is 5.97 Å². The van der Waals surface area contributed by atoms with E-state index in [9.17, 15) is 9.90 Å². The third kappa shape index (κ3) is 3.22. The van der Waals surface area contributed by atoms with Gasteiger partial charge in [0.2, 0.25) is 0 Å². The first-order chi connectivity index (χ1) is 9.09. The van der Waals surface area contributed by atoms with E-state index in [1.54, 1.807) is 0 Å². The summed E-state index contributed by atoms with van der Waals surface area (Å²) in [7, 11) is 0. The maximum Gasteiger partial charge on any atom is 0.346 e. The van der Waals surface area contributed by atoms with E-state index in [1.807, 2.05) is 38.1 Å². The van der Waals surface area contributed by atoms with Crippen molar-refractivity contribution >= 4 is 27.4 Å². The quantitative estimate of drug-likeness (QED) is 0.647. The molecule has 0 radical (unpaired) electrons. The lowest BCUT2D eigenvalue weighted by atomic mass is 10.1. The summed E-state index contributed by atoms with van der Waals surface area (Å²) in [5.41, 5.74) is 2.14. The summed E-state index contributed by atoms with van der Waals surface area (Å²) in [5, 5.41) is 13.6. The van der Waals surface area contributed by atoms with Gasteiger partial charge in [0.25, 0.3) is 0 Å². The van der Waals surface area contributed by atoms with Crippen LogP contribution in [-0.4, -0.2) is 17.6 Å². The molecule has 1 heterocycles. The average Bonchev–Trinajstić information content (AvgIpc) is 2.73. The Morgan fingerprint density at radius 3 is 2.79 bits per heavy atom. The average molecular weight is 275 g/mol. The van der Waals surface area contributed by atoms with Crippen molar-refractivity contribution in [3.63, 3.8) is 0 Å². The van der Waals surface area contributed by atoms with Gasteiger partial charge in [0.05, 0.1) is 0 Å². The van der Waals surface area contributed by atoms with Crippen molar-refractivity contribution in [2.24, 2.45) is 0 Å². The third-order valence-corrected chi connectivity index (χ3v) is 4.05. The van der Waals surface area contributed by atoms with Gasteiger partial charge in [-0.1, -0.05) is 29.8 Å². The highest BCUT2D eigenvalue weighted by Crippen LogP contribution is 2.31. The number of hydrogen-bond acceptors (Lipinski definition) is 3. The Hall–Kier alpha value is -1.65. The lowest BCUT2D eigenvalue weighted by Crippen LogP contribution is -2.14. The van der Waals surface area contributed by atoms with Crippen molar-refractivity contribution in [1.82, 2.24) is 5.32 Å². The molecule has 0 aliphatic carbocycles. The molecule has 2 aromatic rings. The third-order valence-electron chi connectivity index (χ3n) is 2.85. The van der Waals surface area contributed by atoms with Crippen LogP contribution in [0.1, 0.15) is 29.1 Å². The Morgan fingerprint density at radius 2 is 2.11 bits per heavy atom. The monoisotopic (exact) mass is 275 g/mol. The van der Waals surface area contributed by atoms with Crippen LogP contribution in [0.25, 0.3) is 10.1 Å². The largest absolute Gasteiger partial charge is 0.477 e. The van der Waals surface area contributed by atoms with Crippen LogP contribution in [-0.2, 0) is 6.54 Å². The number of carbonyl (C=O) groups is 1. The van der Waals surface area contributed by atoms with E-state index in [0.717, 1.165) is 22.2 Å². The highest BCUT2D eigenvalue weighted by Gasteiger charge is 2.16. The van der Waals surface area contributed by atoms with Crippen molar-refractivity contribution in [1.29, 1.82) is 0 Å². The molecule has 0 unspecified atom stereocenters. The fourth-order valence-electron chi connectivity index (χ4n) is 1.92. The smallest absolute Gasteiger partial charge is 0.346 e. The number of carboxylic acid groups (broad SMARTS) is 1. The molecule has 0 atom stereocenters. The zero-order chi connectivity index (χ0) is 13.8. The lowest BCUT2D eigenvalue weighted by Gasteiger charge is -2.03. The summed E-state index contributed by atoms with van der Waals surface area (Å²) >= 11 is 1.34. The van der Waals surface area contributed by atoms with Crippen LogP contribution >= 0.6 is 11.3 Å². The summed E-state index contributed by atoms with van der Waals surface area (Å²) in [6, 6.07) is 7.83. The van der Waals surface area contributed by atoms with Crippen LogP contribution < -0.4 is 5.32 Å². The fourth-order valence-corrected chi connectivity index (χ4v) is 2.98. The molecule has 3 nitrogen and oxygen atoms in total. The SMILES string of the molecule is CC(C)=CCNCc1c(C(=O)O)sc2ccccc12. The number of benzene rings is 1. The Labute approximate surface area is 116 Å². The summed E-state index contributed by atoms with van der Waals surface area (Å²) in [5.74, 6) is -0.847. The highest BCUT2D eigenvalue weighted by molar-refractivity contribution is 7.21. The highest BCUT2D eigenvalue weighted by atomic mass is 32.1. The molecule has 0 saturated carbocycles. The molecule has 0 bridgehead atoms. The number of rotatable bonds is 5. The molecule has 0 fully saturated rings. The molecule has 19 heavy (non-hydrogen) atoms. The van der Waals surface area contributed by atoms with E-state index >= 15 is 0 Å². The number of carboxylic acids is 1. The standard InChI is InChI=1S/C15H17NO2S/c1-10(2)7-8-16-9-12-11-5-3-4-6-13(11)19-14(12)15(17)18/h3-7,16H,8-9H2,1-2H3,(H,17,18). The Morgan fingerprint density at radius 1 is 1.37 bits per heavy atom. The maximum absolute atomic E-state index is 11.3. The van der Waals surface area contributed by atoms with Crippen molar-refractivity contribution in [3.05, 3.63) is 46.4 Å². The van der Waals surface area contributed by atoms with Crippen molar-refractivity contribution in [3.8, 4) is 0 Å². The number of aromatic carboxylic acids is 1. The van der Waals surface area contributed by atoms with Crippen LogP contribution in [0.15, 0.2) is 35.9 Å². The van der Waals surface area contributed by atoms with Crippen molar-refractivity contribution in [2.75, 3.05) is 6.54 Å². The predicted molar refractivity (Wildman–Crippen MR) is 79.9 cm³/mol. The molecular formula is C15H17NO2S. The van der Waals surface area contributed by atoms with Gasteiger partial charge in [0, 0.05) is 17.8 Å². The van der Waals surface area contributed by atoms with Crippen LogP contribution in [0.4, 0.5) is 0 Å². The Kier molecular flexibility index (Phi) is 4.35. The van der Waals surface area contributed by atoms with Gasteiger partial charge in [-0.05, 0) is 30.9 Å². The van der Waals surface area contributed by atoms with Gasteiger partial charge in [-0.2, -0.15) is 0 Å². The number of thiophene rings is 1. The molecule has 0 aliphatic rings. The van der Waals surface area contributed by atoms with Crippen LogP contribution in [0, 0.1) is 0 Å². The summed E-state index contributed by atoms with van der Waals surface area (Å²) < 4.78 is 1.03. The van der Waals surface area contributed by atoms with Crippen LogP contribution in [0.5, 0.6) is 0 Å². The topological polar surface area (TPSA) is 49.3 Å².